The molecule has 0 bridgehead atoms. The molecule has 0 unspecified atom stereocenters. The molecular formula is C24H45NO3SSi2. The summed E-state index contributed by atoms with van der Waals surface area (Å²) in [4.78, 5) is 4.74. The summed E-state index contributed by atoms with van der Waals surface area (Å²) >= 11 is 1.69. The van der Waals surface area contributed by atoms with Crippen LogP contribution in [-0.4, -0.2) is 46.7 Å². The van der Waals surface area contributed by atoms with Crippen molar-refractivity contribution in [1.82, 2.24) is 4.98 Å². The van der Waals surface area contributed by atoms with Gasteiger partial charge in [-0.2, -0.15) is 0 Å². The van der Waals surface area contributed by atoms with Crippen molar-refractivity contribution in [3.05, 3.63) is 23.4 Å². The van der Waals surface area contributed by atoms with Gasteiger partial charge in [-0.25, -0.2) is 4.98 Å². The molecule has 3 atom stereocenters. The first-order valence-electron chi connectivity index (χ1n) is 11.5. The van der Waals surface area contributed by atoms with Gasteiger partial charge in [0.25, 0.3) is 0 Å². The summed E-state index contributed by atoms with van der Waals surface area (Å²) in [5.74, 6) is 0. The van der Waals surface area contributed by atoms with Crippen LogP contribution in [0, 0.1) is 6.92 Å². The zero-order valence-electron chi connectivity index (χ0n) is 21.9. The molecule has 1 fully saturated rings. The van der Waals surface area contributed by atoms with E-state index in [1.165, 1.54) is 5.56 Å². The van der Waals surface area contributed by atoms with E-state index in [0.29, 0.717) is 6.61 Å². The first-order chi connectivity index (χ1) is 14.0. The van der Waals surface area contributed by atoms with E-state index >= 15 is 0 Å². The molecule has 1 aromatic heterocycles. The zero-order chi connectivity index (χ0) is 23.8. The number of ether oxygens (including phenoxy) is 1. The molecule has 0 aliphatic carbocycles. The molecule has 178 valence electrons. The molecule has 0 saturated carbocycles. The SMILES string of the molecule is CSc1nc(C)ccc1[C@H]1C[C@H](O[Si](C)(C)C(C)(C)C)[C@@H](CO[Si](C)(C)C(C)(C)C)O1. The Morgan fingerprint density at radius 3 is 2.13 bits per heavy atom. The lowest BCUT2D eigenvalue weighted by Gasteiger charge is -2.40. The van der Waals surface area contributed by atoms with Crippen molar-refractivity contribution in [2.24, 2.45) is 0 Å². The van der Waals surface area contributed by atoms with Gasteiger partial charge in [0, 0.05) is 17.7 Å². The summed E-state index contributed by atoms with van der Waals surface area (Å²) in [5, 5.41) is 1.39. The normalized spacial score (nSPS) is 23.4. The Labute approximate surface area is 197 Å². The molecular weight excluding hydrogens is 439 g/mol. The van der Waals surface area contributed by atoms with Crippen LogP contribution in [0.2, 0.25) is 36.3 Å². The maximum absolute atomic E-state index is 6.90. The van der Waals surface area contributed by atoms with E-state index in [1.54, 1.807) is 11.8 Å². The first kappa shape index (κ1) is 27.1. The van der Waals surface area contributed by atoms with Gasteiger partial charge in [-0.1, -0.05) is 47.6 Å². The summed E-state index contributed by atoms with van der Waals surface area (Å²) in [6.45, 7) is 25.6. The smallest absolute Gasteiger partial charge is 0.192 e. The predicted molar refractivity (Wildman–Crippen MR) is 138 cm³/mol. The molecule has 7 heteroatoms. The second-order valence-electron chi connectivity index (χ2n) is 11.9. The van der Waals surface area contributed by atoms with Crippen molar-refractivity contribution >= 4 is 28.4 Å². The molecule has 0 N–H and O–H groups in total. The molecule has 0 radical (unpaired) electrons. The summed E-state index contributed by atoms with van der Waals surface area (Å²) in [6.07, 6.45) is 2.94. The van der Waals surface area contributed by atoms with Crippen LogP contribution >= 0.6 is 11.8 Å². The minimum Gasteiger partial charge on any atom is -0.414 e. The van der Waals surface area contributed by atoms with E-state index < -0.39 is 16.6 Å². The number of rotatable bonds is 7. The topological polar surface area (TPSA) is 40.6 Å². The molecule has 31 heavy (non-hydrogen) atoms. The van der Waals surface area contributed by atoms with Gasteiger partial charge in [0.1, 0.15) is 11.1 Å². The third kappa shape index (κ3) is 6.45. The number of nitrogens with zero attached hydrogens (tertiary/aromatic N) is 1. The third-order valence-electron chi connectivity index (χ3n) is 7.44. The fraction of sp³-hybridized carbons (Fsp3) is 0.792. The highest BCUT2D eigenvalue weighted by molar-refractivity contribution is 7.98. The summed E-state index contributed by atoms with van der Waals surface area (Å²) in [6, 6.07) is 4.26. The molecule has 1 aliphatic heterocycles. The van der Waals surface area contributed by atoms with Crippen molar-refractivity contribution < 1.29 is 13.6 Å². The van der Waals surface area contributed by atoms with Gasteiger partial charge in [-0.05, 0) is 55.5 Å². The number of aryl methyl sites for hydroxylation is 1. The van der Waals surface area contributed by atoms with Gasteiger partial charge >= 0.3 is 0 Å². The first-order valence-corrected chi connectivity index (χ1v) is 18.5. The van der Waals surface area contributed by atoms with Gasteiger partial charge in [-0.3, -0.25) is 0 Å². The van der Waals surface area contributed by atoms with Crippen LogP contribution in [0.25, 0.3) is 0 Å². The van der Waals surface area contributed by atoms with Crippen LogP contribution in [0.5, 0.6) is 0 Å². The van der Waals surface area contributed by atoms with Crippen LogP contribution in [0.1, 0.15) is 65.3 Å². The standard InChI is InChI=1S/C24H45NO3SSi2/c1-17-13-14-18(22(25-17)29-8)19-15-20(28-31(11,12)24(5,6)7)21(27-19)16-26-30(9,10)23(2,3)4/h13-14,19-21H,15-16H2,1-12H3/t19-,20+,21-/m1/s1. The number of thioether (sulfide) groups is 1. The Balaban J connectivity index is 2.29. The molecule has 0 amide bonds. The summed E-state index contributed by atoms with van der Waals surface area (Å²) in [7, 11) is -3.79. The van der Waals surface area contributed by atoms with E-state index in [4.69, 9.17) is 18.6 Å². The number of pyridine rings is 1. The highest BCUT2D eigenvalue weighted by Gasteiger charge is 2.46. The Kier molecular flexibility index (Phi) is 8.37. The molecule has 2 rings (SSSR count). The molecule has 1 saturated heterocycles. The van der Waals surface area contributed by atoms with Gasteiger partial charge in [-0.15, -0.1) is 11.8 Å². The molecule has 0 spiro atoms. The average Bonchev–Trinajstić information content (AvgIpc) is 2.99. The monoisotopic (exact) mass is 483 g/mol. The van der Waals surface area contributed by atoms with E-state index in [-0.39, 0.29) is 28.4 Å². The fourth-order valence-corrected chi connectivity index (χ4v) is 6.25. The lowest BCUT2D eigenvalue weighted by Crippen LogP contribution is -2.48. The Morgan fingerprint density at radius 1 is 1.03 bits per heavy atom. The quantitative estimate of drug-likeness (QED) is 0.299. The minimum atomic E-state index is -1.93. The average molecular weight is 484 g/mol. The largest absolute Gasteiger partial charge is 0.414 e. The zero-order valence-corrected chi connectivity index (χ0v) is 24.7. The van der Waals surface area contributed by atoms with Crippen LogP contribution < -0.4 is 0 Å². The number of aromatic nitrogens is 1. The molecule has 2 heterocycles. The molecule has 1 aliphatic rings. The van der Waals surface area contributed by atoms with Crippen molar-refractivity contribution in [2.75, 3.05) is 12.9 Å². The van der Waals surface area contributed by atoms with Crippen LogP contribution in [0.3, 0.4) is 0 Å². The second-order valence-corrected chi connectivity index (χ2v) is 22.3. The van der Waals surface area contributed by atoms with E-state index in [1.807, 2.05) is 6.92 Å². The Morgan fingerprint density at radius 2 is 1.61 bits per heavy atom. The van der Waals surface area contributed by atoms with Crippen molar-refractivity contribution in [1.29, 1.82) is 0 Å². The minimum absolute atomic E-state index is 0.00154. The Hall–Kier alpha value is -0.186. The van der Waals surface area contributed by atoms with Gasteiger partial charge in [0.15, 0.2) is 16.6 Å². The maximum Gasteiger partial charge on any atom is 0.192 e. The van der Waals surface area contributed by atoms with Crippen LogP contribution in [0.4, 0.5) is 0 Å². The second kappa shape index (κ2) is 9.59. The van der Waals surface area contributed by atoms with Crippen LogP contribution in [0.15, 0.2) is 17.2 Å². The fourth-order valence-electron chi connectivity index (χ4n) is 3.20. The summed E-state index contributed by atoms with van der Waals surface area (Å²) < 4.78 is 20.1. The van der Waals surface area contributed by atoms with Crippen LogP contribution in [-0.2, 0) is 13.6 Å². The van der Waals surface area contributed by atoms with E-state index in [0.717, 1.165) is 17.1 Å². The van der Waals surface area contributed by atoms with Crippen molar-refractivity contribution in [3.63, 3.8) is 0 Å². The maximum atomic E-state index is 6.90. The summed E-state index contributed by atoms with van der Waals surface area (Å²) in [5.41, 5.74) is 2.22. The van der Waals surface area contributed by atoms with Gasteiger partial charge < -0.3 is 13.6 Å². The Bertz CT molecular complexity index is 756. The lowest BCUT2D eigenvalue weighted by atomic mass is 10.1. The third-order valence-corrected chi connectivity index (χ3v) is 17.2. The predicted octanol–water partition coefficient (Wildman–Crippen LogP) is 7.35. The molecule has 1 aromatic rings. The van der Waals surface area contributed by atoms with Gasteiger partial charge in [0.05, 0.1) is 18.8 Å². The van der Waals surface area contributed by atoms with Crippen molar-refractivity contribution in [3.8, 4) is 0 Å². The van der Waals surface area contributed by atoms with Crippen molar-refractivity contribution in [2.45, 2.75) is 114 Å². The number of hydrogen-bond acceptors (Lipinski definition) is 5. The van der Waals surface area contributed by atoms with E-state index in [2.05, 4.69) is 86.1 Å². The molecule has 4 nitrogen and oxygen atoms in total. The highest BCUT2D eigenvalue weighted by atomic mass is 32.2. The highest BCUT2D eigenvalue weighted by Crippen LogP contribution is 2.44. The van der Waals surface area contributed by atoms with Gasteiger partial charge in [0.2, 0.25) is 0 Å². The number of hydrogen-bond donors (Lipinski definition) is 0. The van der Waals surface area contributed by atoms with E-state index in [9.17, 15) is 0 Å². The molecule has 0 aromatic carbocycles. The lowest BCUT2D eigenvalue weighted by molar-refractivity contribution is -0.0172.